The number of aliphatic carboxylic acids is 1. The second-order valence-corrected chi connectivity index (χ2v) is 4.16. The third-order valence-electron chi connectivity index (χ3n) is 2.26. The molecule has 1 aromatic carbocycles. The van der Waals surface area contributed by atoms with Crippen LogP contribution in [0.5, 0.6) is 0 Å². The Hall–Kier alpha value is -0.870. The molecular weight excluding hydrogens is 258 g/mol. The average molecular weight is 272 g/mol. The first-order valence-corrected chi connectivity index (χ1v) is 5.58. The fraction of sp³-hybridized carbons (Fsp3) is 0.364. The number of carboxylic acid groups (broad SMARTS) is 1. The molecule has 0 saturated heterocycles. The van der Waals surface area contributed by atoms with E-state index >= 15 is 0 Å². The Labute approximate surface area is 97.6 Å². The van der Waals surface area contributed by atoms with E-state index in [4.69, 9.17) is 5.11 Å². The van der Waals surface area contributed by atoms with Crippen LogP contribution in [0, 0.1) is 0 Å². The monoisotopic (exact) mass is 271 g/mol. The molecule has 0 aliphatic carbocycles. The van der Waals surface area contributed by atoms with Gasteiger partial charge in [0.2, 0.25) is 0 Å². The van der Waals surface area contributed by atoms with E-state index in [2.05, 4.69) is 21.2 Å². The standard InChI is InChI=1S/C11H14BrNO2/c1-13-7-6-9(11(14)15)8-4-2-3-5-10(8)12/h2-5,9,13H,6-7H2,1H3,(H,14,15). The first-order valence-electron chi connectivity index (χ1n) is 4.78. The van der Waals surface area contributed by atoms with Crippen LogP contribution in [0.25, 0.3) is 0 Å². The van der Waals surface area contributed by atoms with Crippen LogP contribution in [0.1, 0.15) is 17.9 Å². The number of carbonyl (C=O) groups is 1. The van der Waals surface area contributed by atoms with Crippen LogP contribution < -0.4 is 5.32 Å². The minimum absolute atomic E-state index is 0.451. The lowest BCUT2D eigenvalue weighted by atomic mass is 9.96. The molecule has 82 valence electrons. The molecule has 0 spiro atoms. The highest BCUT2D eigenvalue weighted by Crippen LogP contribution is 2.27. The molecule has 0 fully saturated rings. The molecule has 3 nitrogen and oxygen atoms in total. The molecule has 0 radical (unpaired) electrons. The van der Waals surface area contributed by atoms with Gasteiger partial charge in [0.15, 0.2) is 0 Å². The highest BCUT2D eigenvalue weighted by molar-refractivity contribution is 9.10. The van der Waals surface area contributed by atoms with E-state index in [-0.39, 0.29) is 0 Å². The lowest BCUT2D eigenvalue weighted by Gasteiger charge is -2.13. The maximum Gasteiger partial charge on any atom is 0.311 e. The summed E-state index contributed by atoms with van der Waals surface area (Å²) >= 11 is 3.37. The van der Waals surface area contributed by atoms with Crippen LogP contribution in [0.15, 0.2) is 28.7 Å². The second kappa shape index (κ2) is 5.88. The van der Waals surface area contributed by atoms with Crippen molar-refractivity contribution in [2.45, 2.75) is 12.3 Å². The van der Waals surface area contributed by atoms with Gasteiger partial charge in [-0.2, -0.15) is 0 Å². The number of hydrogen-bond donors (Lipinski definition) is 2. The summed E-state index contributed by atoms with van der Waals surface area (Å²) in [6, 6.07) is 7.45. The number of nitrogens with one attached hydrogen (secondary N) is 1. The van der Waals surface area contributed by atoms with Gasteiger partial charge in [0.25, 0.3) is 0 Å². The van der Waals surface area contributed by atoms with Crippen LogP contribution in [-0.2, 0) is 4.79 Å². The minimum atomic E-state index is -0.780. The Morgan fingerprint density at radius 3 is 2.73 bits per heavy atom. The maximum atomic E-state index is 11.1. The molecule has 0 aromatic heterocycles. The number of benzene rings is 1. The molecule has 15 heavy (non-hydrogen) atoms. The zero-order chi connectivity index (χ0) is 11.3. The predicted molar refractivity (Wildman–Crippen MR) is 63.1 cm³/mol. The van der Waals surface area contributed by atoms with E-state index in [1.54, 1.807) is 0 Å². The summed E-state index contributed by atoms with van der Waals surface area (Å²) in [4.78, 5) is 11.1. The fourth-order valence-corrected chi connectivity index (χ4v) is 2.02. The summed E-state index contributed by atoms with van der Waals surface area (Å²) in [5.74, 6) is -1.23. The summed E-state index contributed by atoms with van der Waals surface area (Å²) in [5.41, 5.74) is 0.834. The van der Waals surface area contributed by atoms with Gasteiger partial charge in [0.1, 0.15) is 0 Å². The fourth-order valence-electron chi connectivity index (χ4n) is 1.46. The summed E-state index contributed by atoms with van der Waals surface area (Å²) in [6.45, 7) is 0.693. The summed E-state index contributed by atoms with van der Waals surface area (Å²) in [6.07, 6.45) is 0.592. The van der Waals surface area contributed by atoms with Crippen molar-refractivity contribution in [3.8, 4) is 0 Å². The van der Waals surface area contributed by atoms with Crippen LogP contribution in [0.2, 0.25) is 0 Å². The molecule has 1 unspecified atom stereocenters. The second-order valence-electron chi connectivity index (χ2n) is 3.30. The van der Waals surface area contributed by atoms with Crippen molar-refractivity contribution in [3.05, 3.63) is 34.3 Å². The number of hydrogen-bond acceptors (Lipinski definition) is 2. The minimum Gasteiger partial charge on any atom is -0.481 e. The Morgan fingerprint density at radius 2 is 2.20 bits per heavy atom. The topological polar surface area (TPSA) is 49.3 Å². The molecule has 1 atom stereocenters. The van der Waals surface area contributed by atoms with E-state index in [1.807, 2.05) is 31.3 Å². The summed E-state index contributed by atoms with van der Waals surface area (Å²) in [7, 11) is 1.82. The Kier molecular flexibility index (Phi) is 4.78. The van der Waals surface area contributed by atoms with Crippen molar-refractivity contribution in [3.63, 3.8) is 0 Å². The molecule has 1 rings (SSSR count). The maximum absolute atomic E-state index is 11.1. The van der Waals surface area contributed by atoms with E-state index in [1.165, 1.54) is 0 Å². The van der Waals surface area contributed by atoms with Gasteiger partial charge in [-0.05, 0) is 31.6 Å². The largest absolute Gasteiger partial charge is 0.481 e. The van der Waals surface area contributed by atoms with Crippen molar-refractivity contribution in [2.24, 2.45) is 0 Å². The van der Waals surface area contributed by atoms with Gasteiger partial charge < -0.3 is 10.4 Å². The van der Waals surface area contributed by atoms with Gasteiger partial charge in [-0.1, -0.05) is 34.1 Å². The highest BCUT2D eigenvalue weighted by atomic mass is 79.9. The molecule has 0 saturated carbocycles. The smallest absolute Gasteiger partial charge is 0.311 e. The molecule has 2 N–H and O–H groups in total. The van der Waals surface area contributed by atoms with Gasteiger partial charge in [-0.3, -0.25) is 4.79 Å². The first-order chi connectivity index (χ1) is 7.16. The van der Waals surface area contributed by atoms with Gasteiger partial charge >= 0.3 is 5.97 Å². The Bertz CT molecular complexity index is 341. The molecule has 0 amide bonds. The van der Waals surface area contributed by atoms with E-state index in [0.717, 1.165) is 10.0 Å². The SMILES string of the molecule is CNCCC(C(=O)O)c1ccccc1Br. The molecule has 0 heterocycles. The van der Waals surface area contributed by atoms with Crippen molar-refractivity contribution in [1.82, 2.24) is 5.32 Å². The number of carboxylic acids is 1. The van der Waals surface area contributed by atoms with Crippen molar-refractivity contribution < 1.29 is 9.90 Å². The molecule has 1 aromatic rings. The molecule has 0 bridgehead atoms. The number of halogens is 1. The Morgan fingerprint density at radius 1 is 1.53 bits per heavy atom. The third-order valence-corrected chi connectivity index (χ3v) is 2.98. The highest BCUT2D eigenvalue weighted by Gasteiger charge is 2.20. The molecular formula is C11H14BrNO2. The van der Waals surface area contributed by atoms with Crippen LogP contribution >= 0.6 is 15.9 Å². The van der Waals surface area contributed by atoms with Crippen LogP contribution in [0.3, 0.4) is 0 Å². The first kappa shape index (κ1) is 12.2. The predicted octanol–water partition coefficient (Wildman–Crippen LogP) is 2.23. The van der Waals surface area contributed by atoms with Crippen molar-refractivity contribution in [1.29, 1.82) is 0 Å². The van der Waals surface area contributed by atoms with Gasteiger partial charge in [-0.15, -0.1) is 0 Å². The van der Waals surface area contributed by atoms with E-state index in [0.29, 0.717) is 13.0 Å². The lowest BCUT2D eigenvalue weighted by Crippen LogP contribution is -2.18. The molecule has 0 aliphatic heterocycles. The zero-order valence-corrected chi connectivity index (χ0v) is 10.1. The van der Waals surface area contributed by atoms with Gasteiger partial charge in [0, 0.05) is 4.47 Å². The third kappa shape index (κ3) is 3.32. The van der Waals surface area contributed by atoms with Crippen LogP contribution in [0.4, 0.5) is 0 Å². The summed E-state index contributed by atoms with van der Waals surface area (Å²) in [5, 5.41) is 12.1. The summed E-state index contributed by atoms with van der Waals surface area (Å²) < 4.78 is 0.855. The van der Waals surface area contributed by atoms with E-state index < -0.39 is 11.9 Å². The molecule has 0 aliphatic rings. The Balaban J connectivity index is 2.89. The average Bonchev–Trinajstić information content (AvgIpc) is 2.20. The lowest BCUT2D eigenvalue weighted by molar-refractivity contribution is -0.138. The number of rotatable bonds is 5. The van der Waals surface area contributed by atoms with Crippen LogP contribution in [-0.4, -0.2) is 24.7 Å². The normalized spacial score (nSPS) is 12.4. The van der Waals surface area contributed by atoms with Gasteiger partial charge in [-0.25, -0.2) is 0 Å². The molecule has 4 heteroatoms. The van der Waals surface area contributed by atoms with E-state index in [9.17, 15) is 4.79 Å². The van der Waals surface area contributed by atoms with Crippen molar-refractivity contribution in [2.75, 3.05) is 13.6 Å². The quantitative estimate of drug-likeness (QED) is 0.864. The van der Waals surface area contributed by atoms with Gasteiger partial charge in [0.05, 0.1) is 5.92 Å². The van der Waals surface area contributed by atoms with Crippen molar-refractivity contribution >= 4 is 21.9 Å². The zero-order valence-electron chi connectivity index (χ0n) is 8.53.